The van der Waals surface area contributed by atoms with Crippen molar-refractivity contribution in [3.05, 3.63) is 35.0 Å². The summed E-state index contributed by atoms with van der Waals surface area (Å²) in [7, 11) is 0. The number of urea groups is 1. The van der Waals surface area contributed by atoms with Crippen LogP contribution in [0.3, 0.4) is 0 Å². The number of halogens is 1. The molecule has 0 spiro atoms. The van der Waals surface area contributed by atoms with Crippen molar-refractivity contribution in [1.82, 2.24) is 14.9 Å². The zero-order valence-electron chi connectivity index (χ0n) is 17.0. The number of hydrogen-bond donors (Lipinski definition) is 4. The number of carbonyl (C=O) groups excluding carboxylic acids is 2. The van der Waals surface area contributed by atoms with Crippen LogP contribution < -0.4 is 21.7 Å². The third-order valence-corrected chi connectivity index (χ3v) is 5.24. The van der Waals surface area contributed by atoms with E-state index in [1.807, 2.05) is 13.8 Å². The molecule has 1 aromatic carbocycles. The molecule has 0 radical (unpaired) electrons. The summed E-state index contributed by atoms with van der Waals surface area (Å²) in [6, 6.07) is 5.08. The highest BCUT2D eigenvalue weighted by Gasteiger charge is 2.19. The van der Waals surface area contributed by atoms with Crippen LogP contribution in [0.2, 0.25) is 5.02 Å². The summed E-state index contributed by atoms with van der Waals surface area (Å²) < 4.78 is 0. The summed E-state index contributed by atoms with van der Waals surface area (Å²) in [4.78, 5) is 34.4. The van der Waals surface area contributed by atoms with Gasteiger partial charge in [0.05, 0.1) is 16.3 Å². The van der Waals surface area contributed by atoms with Crippen molar-refractivity contribution in [2.45, 2.75) is 39.2 Å². The number of hydrogen-bond acceptors (Lipinski definition) is 6. The maximum absolute atomic E-state index is 12.4. The number of amides is 3. The molecule has 1 saturated heterocycles. The van der Waals surface area contributed by atoms with E-state index in [1.54, 1.807) is 23.1 Å². The van der Waals surface area contributed by atoms with E-state index in [4.69, 9.17) is 17.3 Å². The highest BCUT2D eigenvalue weighted by atomic mass is 35.5. The van der Waals surface area contributed by atoms with E-state index in [-0.39, 0.29) is 23.6 Å². The van der Waals surface area contributed by atoms with Gasteiger partial charge in [0, 0.05) is 31.0 Å². The third kappa shape index (κ3) is 5.29. The molecule has 1 aliphatic rings. The molecule has 0 unspecified atom stereocenters. The van der Waals surface area contributed by atoms with E-state index in [2.05, 4.69) is 25.9 Å². The van der Waals surface area contributed by atoms with Gasteiger partial charge in [-0.15, -0.1) is 0 Å². The largest absolute Gasteiger partial charge is 0.367 e. The quantitative estimate of drug-likeness (QED) is 0.528. The van der Waals surface area contributed by atoms with Gasteiger partial charge < -0.3 is 26.6 Å². The predicted molar refractivity (Wildman–Crippen MR) is 118 cm³/mol. The fraction of sp³-hybridized carbons (Fsp3) is 0.400. The second-order valence-corrected chi connectivity index (χ2v) is 7.62. The van der Waals surface area contributed by atoms with Crippen LogP contribution in [-0.4, -0.2) is 45.9 Å². The Hall–Kier alpha value is -3.07. The second kappa shape index (κ2) is 9.62. The molecule has 10 heteroatoms. The molecular weight excluding hydrogens is 406 g/mol. The Morgan fingerprint density at radius 2 is 2.03 bits per heavy atom. The van der Waals surface area contributed by atoms with Crippen molar-refractivity contribution in [3.8, 4) is 0 Å². The van der Waals surface area contributed by atoms with Gasteiger partial charge in [-0.25, -0.2) is 9.78 Å². The van der Waals surface area contributed by atoms with Crippen LogP contribution in [0, 0.1) is 0 Å². The average Bonchev–Trinajstić information content (AvgIpc) is 3.25. The van der Waals surface area contributed by atoms with Gasteiger partial charge in [0.25, 0.3) is 5.91 Å². The summed E-state index contributed by atoms with van der Waals surface area (Å²) in [5.74, 6) is 0.0431. The molecule has 5 N–H and O–H groups in total. The number of aromatic nitrogens is 2. The molecule has 0 saturated carbocycles. The minimum absolute atomic E-state index is 0.105. The summed E-state index contributed by atoms with van der Waals surface area (Å²) in [6.45, 7) is 5.49. The first-order valence-electron chi connectivity index (χ1n) is 9.93. The standard InChI is InChI=1S/C20H26ClN7O2/c1-3-12(2)24-18-14(17(22)29)11-23-19(27-18)25-13-6-7-15(21)16(10-13)26-20(30)28-8-4-5-9-28/h6-7,10-12H,3-5,8-9H2,1-2H3,(H2,22,29)(H,26,30)(H2,23,24,25,27)/t12-/m0/s1. The predicted octanol–water partition coefficient (Wildman–Crippen LogP) is 3.81. The minimum Gasteiger partial charge on any atom is -0.367 e. The van der Waals surface area contributed by atoms with Crippen LogP contribution in [-0.2, 0) is 0 Å². The van der Waals surface area contributed by atoms with Gasteiger partial charge in [0.2, 0.25) is 5.95 Å². The first-order chi connectivity index (χ1) is 14.4. The number of likely N-dealkylation sites (tertiary alicyclic amines) is 1. The normalized spacial score (nSPS) is 14.3. The average molecular weight is 432 g/mol. The van der Waals surface area contributed by atoms with Crippen molar-refractivity contribution < 1.29 is 9.59 Å². The Balaban J connectivity index is 1.79. The first kappa shape index (κ1) is 21.6. The molecule has 0 bridgehead atoms. The van der Waals surface area contributed by atoms with Gasteiger partial charge in [-0.3, -0.25) is 4.79 Å². The Morgan fingerprint density at radius 1 is 1.30 bits per heavy atom. The van der Waals surface area contributed by atoms with Crippen molar-refractivity contribution in [3.63, 3.8) is 0 Å². The van der Waals surface area contributed by atoms with Crippen molar-refractivity contribution in [2.24, 2.45) is 5.73 Å². The summed E-state index contributed by atoms with van der Waals surface area (Å²) in [5.41, 5.74) is 6.78. The molecule has 2 aromatic rings. The molecule has 1 aromatic heterocycles. The summed E-state index contributed by atoms with van der Waals surface area (Å²) >= 11 is 6.25. The lowest BCUT2D eigenvalue weighted by molar-refractivity contribution is 0.100. The van der Waals surface area contributed by atoms with Crippen LogP contribution in [0.15, 0.2) is 24.4 Å². The van der Waals surface area contributed by atoms with Gasteiger partial charge in [-0.2, -0.15) is 4.98 Å². The fourth-order valence-corrected chi connectivity index (χ4v) is 3.18. The Kier molecular flexibility index (Phi) is 6.94. The monoisotopic (exact) mass is 431 g/mol. The maximum Gasteiger partial charge on any atom is 0.321 e. The molecule has 1 atom stereocenters. The Morgan fingerprint density at radius 3 is 2.70 bits per heavy atom. The van der Waals surface area contributed by atoms with E-state index in [0.717, 1.165) is 32.4 Å². The van der Waals surface area contributed by atoms with Gasteiger partial charge in [-0.1, -0.05) is 18.5 Å². The molecule has 160 valence electrons. The first-order valence-corrected chi connectivity index (χ1v) is 10.3. The topological polar surface area (TPSA) is 125 Å². The zero-order valence-corrected chi connectivity index (χ0v) is 17.8. The van der Waals surface area contributed by atoms with E-state index >= 15 is 0 Å². The van der Waals surface area contributed by atoms with Crippen molar-refractivity contribution >= 4 is 46.7 Å². The Bertz CT molecular complexity index is 931. The Labute approximate surface area is 180 Å². The molecule has 1 fully saturated rings. The lowest BCUT2D eigenvalue weighted by Gasteiger charge is -2.18. The number of primary amides is 1. The summed E-state index contributed by atoms with van der Waals surface area (Å²) in [6.07, 6.45) is 4.25. The molecule has 0 aliphatic carbocycles. The molecular formula is C20H26ClN7O2. The SMILES string of the molecule is CC[C@H](C)Nc1nc(Nc2ccc(Cl)c(NC(=O)N3CCCC3)c2)ncc1C(N)=O. The highest BCUT2D eigenvalue weighted by molar-refractivity contribution is 6.33. The van der Waals surface area contributed by atoms with E-state index in [9.17, 15) is 9.59 Å². The third-order valence-electron chi connectivity index (χ3n) is 4.91. The maximum atomic E-state index is 12.4. The van der Waals surface area contributed by atoms with Crippen LogP contribution in [0.25, 0.3) is 0 Å². The smallest absolute Gasteiger partial charge is 0.321 e. The molecule has 9 nitrogen and oxygen atoms in total. The number of anilines is 4. The van der Waals surface area contributed by atoms with E-state index in [1.165, 1.54) is 6.20 Å². The highest BCUT2D eigenvalue weighted by Crippen LogP contribution is 2.28. The van der Waals surface area contributed by atoms with Crippen LogP contribution in [0.4, 0.5) is 27.9 Å². The number of nitrogens with one attached hydrogen (secondary N) is 3. The number of nitrogens with zero attached hydrogens (tertiary/aromatic N) is 3. The number of benzene rings is 1. The number of carbonyl (C=O) groups is 2. The van der Waals surface area contributed by atoms with E-state index < -0.39 is 5.91 Å². The minimum atomic E-state index is -0.606. The molecule has 30 heavy (non-hydrogen) atoms. The van der Waals surface area contributed by atoms with Gasteiger partial charge in [0.15, 0.2) is 0 Å². The van der Waals surface area contributed by atoms with Crippen LogP contribution in [0.1, 0.15) is 43.5 Å². The fourth-order valence-electron chi connectivity index (χ4n) is 3.01. The van der Waals surface area contributed by atoms with Gasteiger partial charge >= 0.3 is 6.03 Å². The van der Waals surface area contributed by atoms with Gasteiger partial charge in [-0.05, 0) is 44.4 Å². The van der Waals surface area contributed by atoms with Crippen molar-refractivity contribution in [1.29, 1.82) is 0 Å². The van der Waals surface area contributed by atoms with E-state index in [0.29, 0.717) is 22.2 Å². The molecule has 1 aliphatic heterocycles. The summed E-state index contributed by atoms with van der Waals surface area (Å²) in [5, 5.41) is 9.52. The number of nitrogens with two attached hydrogens (primary N) is 1. The molecule has 2 heterocycles. The van der Waals surface area contributed by atoms with Crippen LogP contribution >= 0.6 is 11.6 Å². The molecule has 3 amide bonds. The lowest BCUT2D eigenvalue weighted by Crippen LogP contribution is -2.32. The molecule has 3 rings (SSSR count). The number of rotatable bonds is 7. The zero-order chi connectivity index (χ0) is 21.7. The van der Waals surface area contributed by atoms with Gasteiger partial charge in [0.1, 0.15) is 5.82 Å². The van der Waals surface area contributed by atoms with Crippen LogP contribution in [0.5, 0.6) is 0 Å². The second-order valence-electron chi connectivity index (χ2n) is 7.22. The lowest BCUT2D eigenvalue weighted by atomic mass is 10.2. The van der Waals surface area contributed by atoms with Crippen molar-refractivity contribution in [2.75, 3.05) is 29.0 Å².